The minimum Gasteiger partial charge on any atom is -0.495 e. The predicted molar refractivity (Wildman–Crippen MR) is 110 cm³/mol. The summed E-state index contributed by atoms with van der Waals surface area (Å²) in [6.45, 7) is 0. The Labute approximate surface area is 162 Å². The van der Waals surface area contributed by atoms with E-state index in [1.54, 1.807) is 33.5 Å². The second-order valence-corrected chi connectivity index (χ2v) is 5.69. The molecule has 28 heavy (non-hydrogen) atoms. The maximum Gasteiger partial charge on any atom is 0.231 e. The molecule has 0 spiro atoms. The van der Waals surface area contributed by atoms with Crippen molar-refractivity contribution >= 4 is 34.2 Å². The highest BCUT2D eigenvalue weighted by Gasteiger charge is 2.14. The largest absolute Gasteiger partial charge is 0.495 e. The normalized spacial score (nSPS) is 11.6. The maximum absolute atomic E-state index is 9.24. The van der Waals surface area contributed by atoms with Crippen molar-refractivity contribution in [1.82, 2.24) is 15.0 Å². The van der Waals surface area contributed by atoms with Crippen molar-refractivity contribution < 1.29 is 4.74 Å². The Morgan fingerprint density at radius 1 is 1.39 bits per heavy atom. The monoisotopic (exact) mass is 376 g/mol. The number of hydrogen-bond acceptors (Lipinski definition) is 8. The third kappa shape index (κ3) is 3.43. The van der Waals surface area contributed by atoms with Gasteiger partial charge in [-0.3, -0.25) is 4.99 Å². The number of hydrogen-bond donors (Lipinski definition) is 4. The summed E-state index contributed by atoms with van der Waals surface area (Å²) >= 11 is 0. The number of nitriles is 1. The number of ether oxygens (including phenoxy) is 1. The second kappa shape index (κ2) is 8.09. The number of benzene rings is 1. The lowest BCUT2D eigenvalue weighted by Gasteiger charge is -2.13. The number of nitrogens with two attached hydrogens (primary N) is 1. The molecule has 0 amide bonds. The van der Waals surface area contributed by atoms with E-state index in [0.29, 0.717) is 39.8 Å². The molecule has 0 saturated carbocycles. The molecule has 3 aromatic rings. The first-order valence-corrected chi connectivity index (χ1v) is 8.42. The van der Waals surface area contributed by atoms with Gasteiger partial charge >= 0.3 is 0 Å². The van der Waals surface area contributed by atoms with Crippen molar-refractivity contribution in [2.45, 2.75) is 0 Å². The quantitative estimate of drug-likeness (QED) is 0.485. The number of rotatable bonds is 6. The molecular weight excluding hydrogens is 356 g/mol. The van der Waals surface area contributed by atoms with Gasteiger partial charge in [-0.25, -0.2) is 0 Å². The van der Waals surface area contributed by atoms with Crippen molar-refractivity contribution in [2.75, 3.05) is 31.8 Å². The van der Waals surface area contributed by atoms with E-state index in [1.807, 2.05) is 18.2 Å². The van der Waals surface area contributed by atoms with Crippen molar-refractivity contribution in [1.29, 1.82) is 5.26 Å². The number of allylic oxidation sites excluding steroid dienone is 1. The van der Waals surface area contributed by atoms with Crippen LogP contribution in [-0.2, 0) is 0 Å². The van der Waals surface area contributed by atoms with E-state index in [4.69, 9.17) is 10.5 Å². The molecule has 9 nitrogen and oxygen atoms in total. The molecule has 0 bridgehead atoms. The van der Waals surface area contributed by atoms with Gasteiger partial charge in [0.05, 0.1) is 29.5 Å². The zero-order valence-corrected chi connectivity index (χ0v) is 15.7. The molecule has 2 aromatic heterocycles. The van der Waals surface area contributed by atoms with Gasteiger partial charge in [0.1, 0.15) is 23.3 Å². The summed E-state index contributed by atoms with van der Waals surface area (Å²) in [6.07, 6.45) is 4.77. The number of aromatic amines is 1. The van der Waals surface area contributed by atoms with E-state index in [0.717, 1.165) is 11.3 Å². The molecule has 9 heteroatoms. The van der Waals surface area contributed by atoms with Gasteiger partial charge < -0.3 is 26.1 Å². The Kier molecular flexibility index (Phi) is 5.41. The van der Waals surface area contributed by atoms with Gasteiger partial charge in [-0.15, -0.1) is 0 Å². The highest BCUT2D eigenvalue weighted by molar-refractivity contribution is 6.09. The van der Waals surface area contributed by atoms with Crippen LogP contribution in [-0.4, -0.2) is 41.9 Å². The third-order valence-electron chi connectivity index (χ3n) is 4.13. The lowest BCUT2D eigenvalue weighted by molar-refractivity contribution is 0.416. The molecule has 5 N–H and O–H groups in total. The molecule has 2 heterocycles. The second-order valence-electron chi connectivity index (χ2n) is 5.69. The molecule has 142 valence electrons. The Hall–Kier alpha value is -4.06. The van der Waals surface area contributed by atoms with Crippen molar-refractivity contribution in [3.8, 4) is 11.8 Å². The summed E-state index contributed by atoms with van der Waals surface area (Å²) in [5.74, 6) is 1.51. The van der Waals surface area contributed by atoms with Gasteiger partial charge in [-0.2, -0.15) is 15.2 Å². The van der Waals surface area contributed by atoms with Crippen molar-refractivity contribution in [3.05, 3.63) is 47.8 Å². The van der Waals surface area contributed by atoms with Crippen molar-refractivity contribution in [2.24, 2.45) is 10.7 Å². The minimum atomic E-state index is 0.362. The van der Waals surface area contributed by atoms with Gasteiger partial charge in [0.15, 0.2) is 0 Å². The lowest BCUT2D eigenvalue weighted by atomic mass is 10.1. The number of H-pyrrole nitrogens is 1. The SMILES string of the molecule is CN=C(C=CN)c1ccc(Nc2nc(NC)c3c(C#N)c[nH]c3n2)c(OC)c1. The Morgan fingerprint density at radius 2 is 2.21 bits per heavy atom. The number of aliphatic imine (C=N–C) groups is 1. The molecule has 3 rings (SSSR count). The van der Waals surface area contributed by atoms with Crippen LogP contribution in [0.15, 0.2) is 41.7 Å². The van der Waals surface area contributed by atoms with Crippen molar-refractivity contribution in [3.63, 3.8) is 0 Å². The number of anilines is 3. The predicted octanol–water partition coefficient (Wildman–Crippen LogP) is 2.51. The Bertz CT molecular complexity index is 1110. The molecule has 1 aromatic carbocycles. The van der Waals surface area contributed by atoms with E-state index in [-0.39, 0.29) is 0 Å². The molecule has 0 aliphatic carbocycles. The summed E-state index contributed by atoms with van der Waals surface area (Å²) < 4.78 is 5.50. The van der Waals surface area contributed by atoms with Crippen LogP contribution in [0.1, 0.15) is 11.1 Å². The van der Waals surface area contributed by atoms with Crippen LogP contribution in [0, 0.1) is 11.3 Å². The Balaban J connectivity index is 2.01. The minimum absolute atomic E-state index is 0.362. The standard InChI is InChI=1S/C19H20N8O/c1-22-13(6-7-20)11-4-5-14(15(8-11)28-3)25-19-26-17(23-2)16-12(9-21)10-24-18(16)27-19/h4-8,10H,20H2,1-3H3,(H3,23,24,25,26,27). The number of nitrogens with zero attached hydrogens (tertiary/aromatic N) is 4. The van der Waals surface area contributed by atoms with Crippen LogP contribution in [0.3, 0.4) is 0 Å². The zero-order chi connectivity index (χ0) is 20.1. The van der Waals surface area contributed by atoms with Gasteiger partial charge in [0.2, 0.25) is 5.95 Å². The molecule has 0 saturated heterocycles. The maximum atomic E-state index is 9.24. The number of fused-ring (bicyclic) bond motifs is 1. The number of methoxy groups -OCH3 is 1. The average Bonchev–Trinajstić information content (AvgIpc) is 3.15. The first-order valence-electron chi connectivity index (χ1n) is 8.42. The first kappa shape index (κ1) is 18.7. The third-order valence-corrected chi connectivity index (χ3v) is 4.13. The molecule has 0 aliphatic rings. The van der Waals surface area contributed by atoms with Gasteiger partial charge in [-0.1, -0.05) is 6.07 Å². The molecule has 0 unspecified atom stereocenters. The van der Waals surface area contributed by atoms with Crippen LogP contribution in [0.2, 0.25) is 0 Å². The highest BCUT2D eigenvalue weighted by atomic mass is 16.5. The van der Waals surface area contributed by atoms with E-state index in [2.05, 4.69) is 36.6 Å². The van der Waals surface area contributed by atoms with E-state index in [1.165, 1.54) is 6.20 Å². The Morgan fingerprint density at radius 3 is 2.86 bits per heavy atom. The van der Waals surface area contributed by atoms with Crippen LogP contribution in [0.25, 0.3) is 11.0 Å². The first-order chi connectivity index (χ1) is 13.6. The fourth-order valence-corrected chi connectivity index (χ4v) is 2.82. The van der Waals surface area contributed by atoms with Gasteiger partial charge in [-0.05, 0) is 24.4 Å². The zero-order valence-electron chi connectivity index (χ0n) is 15.7. The molecule has 0 atom stereocenters. The van der Waals surface area contributed by atoms with Crippen LogP contribution < -0.4 is 21.1 Å². The lowest BCUT2D eigenvalue weighted by Crippen LogP contribution is -2.04. The number of nitrogens with one attached hydrogen (secondary N) is 3. The summed E-state index contributed by atoms with van der Waals surface area (Å²) in [5.41, 5.74) is 8.80. The molecule has 0 radical (unpaired) electrons. The topological polar surface area (TPSA) is 137 Å². The summed E-state index contributed by atoms with van der Waals surface area (Å²) in [6, 6.07) is 7.73. The summed E-state index contributed by atoms with van der Waals surface area (Å²) in [7, 11) is 5.02. The smallest absolute Gasteiger partial charge is 0.231 e. The van der Waals surface area contributed by atoms with Crippen LogP contribution in [0.4, 0.5) is 17.5 Å². The molecule has 0 fully saturated rings. The summed E-state index contributed by atoms with van der Waals surface area (Å²) in [5, 5.41) is 16.1. The van der Waals surface area contributed by atoms with Gasteiger partial charge in [0, 0.05) is 25.9 Å². The average molecular weight is 376 g/mol. The van der Waals surface area contributed by atoms with E-state index < -0.39 is 0 Å². The van der Waals surface area contributed by atoms with Gasteiger partial charge in [0.25, 0.3) is 0 Å². The summed E-state index contributed by atoms with van der Waals surface area (Å²) in [4.78, 5) is 16.1. The fourth-order valence-electron chi connectivity index (χ4n) is 2.82. The number of aromatic nitrogens is 3. The van der Waals surface area contributed by atoms with Crippen LogP contribution >= 0.6 is 0 Å². The highest BCUT2D eigenvalue weighted by Crippen LogP contribution is 2.30. The molecule has 0 aliphatic heterocycles. The van der Waals surface area contributed by atoms with Crippen LogP contribution in [0.5, 0.6) is 5.75 Å². The van der Waals surface area contributed by atoms with E-state index >= 15 is 0 Å². The van der Waals surface area contributed by atoms with E-state index in [9.17, 15) is 5.26 Å². The molecular formula is C19H20N8O. The fraction of sp³-hybridized carbons (Fsp3) is 0.158.